The zero-order chi connectivity index (χ0) is 27.6. The summed E-state index contributed by atoms with van der Waals surface area (Å²) in [5.74, 6) is 1.51. The highest BCUT2D eigenvalue weighted by molar-refractivity contribution is 5.67. The van der Waals surface area contributed by atoms with E-state index in [1.807, 2.05) is 36.4 Å². The zero-order valence-corrected chi connectivity index (χ0v) is 23.2. The maximum atomic E-state index is 10.7. The second-order valence-electron chi connectivity index (χ2n) is 11.1. The normalized spacial score (nSPS) is 18.9. The van der Waals surface area contributed by atoms with Crippen LogP contribution in [-0.2, 0) is 29.1 Å². The molecule has 40 heavy (non-hydrogen) atoms. The summed E-state index contributed by atoms with van der Waals surface area (Å²) in [5, 5.41) is 8.83. The first-order valence-corrected chi connectivity index (χ1v) is 14.5. The van der Waals surface area contributed by atoms with Gasteiger partial charge in [-0.05, 0) is 85.4 Å². The van der Waals surface area contributed by atoms with Crippen molar-refractivity contribution >= 4 is 5.97 Å². The van der Waals surface area contributed by atoms with Gasteiger partial charge in [-0.2, -0.15) is 0 Å². The summed E-state index contributed by atoms with van der Waals surface area (Å²) in [4.78, 5) is 17.4. The van der Waals surface area contributed by atoms with Crippen LogP contribution in [0.15, 0.2) is 73.1 Å². The zero-order valence-electron chi connectivity index (χ0n) is 23.2. The number of likely N-dealkylation sites (tertiary alicyclic amines) is 1. The Bertz CT molecular complexity index is 1190. The van der Waals surface area contributed by atoms with Crippen molar-refractivity contribution in [1.29, 1.82) is 0 Å². The number of nitrogens with zero attached hydrogens (tertiary/aromatic N) is 2. The molecule has 2 aromatic carbocycles. The number of hydrogen-bond donors (Lipinski definition) is 1. The molecule has 0 aliphatic carbocycles. The largest absolute Gasteiger partial charge is 0.492 e. The second-order valence-corrected chi connectivity index (χ2v) is 11.1. The van der Waals surface area contributed by atoms with Gasteiger partial charge >= 0.3 is 5.97 Å². The first kappa shape index (κ1) is 28.1. The minimum atomic E-state index is -0.778. The Kier molecular flexibility index (Phi) is 9.68. The van der Waals surface area contributed by atoms with Crippen molar-refractivity contribution in [3.05, 3.63) is 89.7 Å². The second kappa shape index (κ2) is 13.8. The summed E-state index contributed by atoms with van der Waals surface area (Å²) in [6, 6.07) is 20.2. The molecule has 2 aliphatic heterocycles. The standard InChI is InChI=1S/C33H40N2O5/c36-32(37)12-9-26-7-10-30(11-8-26)39-25-29-5-3-28(4-6-29)24-35-18-15-33(16-19-35)22-27(14-21-40-33)13-20-38-31-2-1-17-34-23-31/h1-8,10-11,17,23,27H,9,12-16,18-22,24-25H2,(H,36,37). The molecule has 5 rings (SSSR count). The first-order valence-electron chi connectivity index (χ1n) is 14.5. The molecular formula is C33H40N2O5. The first-order chi connectivity index (χ1) is 19.6. The molecule has 1 atom stereocenters. The Hall–Kier alpha value is -3.42. The molecule has 3 heterocycles. The monoisotopic (exact) mass is 544 g/mol. The van der Waals surface area contributed by atoms with E-state index in [9.17, 15) is 4.79 Å². The summed E-state index contributed by atoms with van der Waals surface area (Å²) in [5.41, 5.74) is 3.48. The van der Waals surface area contributed by atoms with E-state index in [-0.39, 0.29) is 12.0 Å². The molecule has 2 saturated heterocycles. The Morgan fingerprint density at radius 1 is 0.975 bits per heavy atom. The predicted octanol–water partition coefficient (Wildman–Crippen LogP) is 5.91. The highest BCUT2D eigenvalue weighted by Gasteiger charge is 2.40. The molecule has 0 bridgehead atoms. The molecule has 3 aromatic rings. The summed E-state index contributed by atoms with van der Waals surface area (Å²) in [7, 11) is 0. The van der Waals surface area contributed by atoms with Crippen molar-refractivity contribution in [2.24, 2.45) is 5.92 Å². The van der Waals surface area contributed by atoms with Crippen LogP contribution in [0.4, 0.5) is 0 Å². The quantitative estimate of drug-likeness (QED) is 0.304. The Morgan fingerprint density at radius 3 is 2.45 bits per heavy atom. The van der Waals surface area contributed by atoms with Gasteiger partial charge in [-0.1, -0.05) is 36.4 Å². The molecule has 1 unspecified atom stereocenters. The maximum absolute atomic E-state index is 10.7. The number of aromatic nitrogens is 1. The summed E-state index contributed by atoms with van der Waals surface area (Å²) in [6.45, 7) is 5.18. The summed E-state index contributed by atoms with van der Waals surface area (Å²) in [6.07, 6.45) is 9.72. The number of carboxylic acids is 1. The average molecular weight is 545 g/mol. The van der Waals surface area contributed by atoms with Gasteiger partial charge in [0.05, 0.1) is 18.4 Å². The molecule has 7 heteroatoms. The van der Waals surface area contributed by atoms with Gasteiger partial charge in [-0.15, -0.1) is 0 Å². The third-order valence-electron chi connectivity index (χ3n) is 8.18. The lowest BCUT2D eigenvalue weighted by atomic mass is 9.78. The lowest BCUT2D eigenvalue weighted by molar-refractivity contribution is -0.137. The number of aliphatic carboxylic acids is 1. The number of ether oxygens (including phenoxy) is 3. The van der Waals surface area contributed by atoms with E-state index in [0.29, 0.717) is 18.9 Å². The maximum Gasteiger partial charge on any atom is 0.303 e. The highest BCUT2D eigenvalue weighted by Crippen LogP contribution is 2.39. The van der Waals surface area contributed by atoms with Crippen LogP contribution >= 0.6 is 0 Å². The molecule has 0 saturated carbocycles. The Balaban J connectivity index is 1.02. The highest BCUT2D eigenvalue weighted by atomic mass is 16.5. The van der Waals surface area contributed by atoms with Crippen LogP contribution in [-0.4, -0.2) is 52.9 Å². The lowest BCUT2D eigenvalue weighted by Crippen LogP contribution is -2.49. The van der Waals surface area contributed by atoms with E-state index in [2.05, 4.69) is 34.1 Å². The number of rotatable bonds is 12. The van der Waals surface area contributed by atoms with E-state index in [0.717, 1.165) is 87.6 Å². The lowest BCUT2D eigenvalue weighted by Gasteiger charge is -2.46. The van der Waals surface area contributed by atoms with Crippen LogP contribution in [0, 0.1) is 5.92 Å². The third-order valence-corrected chi connectivity index (χ3v) is 8.18. The summed E-state index contributed by atoms with van der Waals surface area (Å²) >= 11 is 0. The topological polar surface area (TPSA) is 81.1 Å². The molecule has 7 nitrogen and oxygen atoms in total. The Morgan fingerprint density at radius 2 is 1.73 bits per heavy atom. The van der Waals surface area contributed by atoms with Crippen molar-refractivity contribution in [3.8, 4) is 11.5 Å². The van der Waals surface area contributed by atoms with Gasteiger partial charge in [0.25, 0.3) is 0 Å². The van der Waals surface area contributed by atoms with Gasteiger partial charge in [-0.3, -0.25) is 14.7 Å². The fourth-order valence-corrected chi connectivity index (χ4v) is 5.79. The van der Waals surface area contributed by atoms with E-state index in [4.69, 9.17) is 19.3 Å². The predicted molar refractivity (Wildman–Crippen MR) is 153 cm³/mol. The van der Waals surface area contributed by atoms with Crippen LogP contribution in [0.3, 0.4) is 0 Å². The van der Waals surface area contributed by atoms with Gasteiger partial charge in [-0.25, -0.2) is 0 Å². The molecule has 0 radical (unpaired) electrons. The van der Waals surface area contributed by atoms with Gasteiger partial charge < -0.3 is 19.3 Å². The van der Waals surface area contributed by atoms with Crippen molar-refractivity contribution < 1.29 is 24.1 Å². The number of hydrogen-bond acceptors (Lipinski definition) is 6. The van der Waals surface area contributed by atoms with E-state index < -0.39 is 5.97 Å². The molecule has 1 spiro atoms. The molecule has 2 fully saturated rings. The third kappa shape index (κ3) is 8.29. The molecule has 1 N–H and O–H groups in total. The van der Waals surface area contributed by atoms with Gasteiger partial charge in [0.15, 0.2) is 0 Å². The number of carboxylic acid groups (broad SMARTS) is 1. The van der Waals surface area contributed by atoms with E-state index in [1.54, 1.807) is 12.4 Å². The smallest absolute Gasteiger partial charge is 0.303 e. The van der Waals surface area contributed by atoms with Crippen molar-refractivity contribution in [2.45, 2.75) is 63.7 Å². The number of benzene rings is 2. The van der Waals surface area contributed by atoms with E-state index in [1.165, 1.54) is 5.56 Å². The fraction of sp³-hybridized carbons (Fsp3) is 0.455. The SMILES string of the molecule is O=C(O)CCc1ccc(OCc2ccc(CN3CCC4(CC3)CC(CCOc3cccnc3)CCO4)cc2)cc1. The van der Waals surface area contributed by atoms with Crippen molar-refractivity contribution in [3.63, 3.8) is 0 Å². The molecular weight excluding hydrogens is 504 g/mol. The fourth-order valence-electron chi connectivity index (χ4n) is 5.79. The average Bonchev–Trinajstić information content (AvgIpc) is 2.98. The van der Waals surface area contributed by atoms with Crippen molar-refractivity contribution in [1.82, 2.24) is 9.88 Å². The molecule has 212 valence electrons. The van der Waals surface area contributed by atoms with Gasteiger partial charge in [0, 0.05) is 38.9 Å². The number of pyridine rings is 1. The van der Waals surface area contributed by atoms with Gasteiger partial charge in [0.1, 0.15) is 18.1 Å². The van der Waals surface area contributed by atoms with Crippen LogP contribution in [0.1, 0.15) is 55.2 Å². The molecule has 0 amide bonds. The van der Waals surface area contributed by atoms with Crippen molar-refractivity contribution in [2.75, 3.05) is 26.3 Å². The van der Waals surface area contributed by atoms with Gasteiger partial charge in [0.2, 0.25) is 0 Å². The van der Waals surface area contributed by atoms with Crippen LogP contribution < -0.4 is 9.47 Å². The van der Waals surface area contributed by atoms with Crippen LogP contribution in [0.2, 0.25) is 0 Å². The van der Waals surface area contributed by atoms with Crippen LogP contribution in [0.25, 0.3) is 0 Å². The Labute approximate surface area is 237 Å². The molecule has 2 aliphatic rings. The number of piperidine rings is 1. The number of carbonyl (C=O) groups is 1. The van der Waals surface area contributed by atoms with Crippen LogP contribution in [0.5, 0.6) is 11.5 Å². The molecule has 1 aromatic heterocycles. The minimum Gasteiger partial charge on any atom is -0.492 e. The number of aryl methyl sites for hydroxylation is 1. The van der Waals surface area contributed by atoms with E-state index >= 15 is 0 Å². The summed E-state index contributed by atoms with van der Waals surface area (Å²) < 4.78 is 18.2. The minimum absolute atomic E-state index is 0.0311.